The summed E-state index contributed by atoms with van der Waals surface area (Å²) in [7, 11) is 0. The molecule has 0 aliphatic rings. The third kappa shape index (κ3) is 2.74. The Morgan fingerprint density at radius 1 is 1.00 bits per heavy atom. The number of phenols is 1. The molecule has 0 aliphatic carbocycles. The highest BCUT2D eigenvalue weighted by Crippen LogP contribution is 2.29. The summed E-state index contributed by atoms with van der Waals surface area (Å²) in [6, 6.07) is 5.57. The van der Waals surface area contributed by atoms with Crippen molar-refractivity contribution in [3.05, 3.63) is 35.0 Å². The van der Waals surface area contributed by atoms with Gasteiger partial charge in [0.05, 0.1) is 5.69 Å². The van der Waals surface area contributed by atoms with Crippen LogP contribution in [0.5, 0.6) is 5.75 Å². The maximum atomic E-state index is 9.85. The Labute approximate surface area is 119 Å². The van der Waals surface area contributed by atoms with Gasteiger partial charge in [0.1, 0.15) is 11.6 Å². The van der Waals surface area contributed by atoms with Gasteiger partial charge in [-0.25, -0.2) is 9.97 Å². The monoisotopic (exact) mass is 271 g/mol. The molecule has 1 aromatic heterocycles. The Kier molecular flexibility index (Phi) is 3.42. The quantitative estimate of drug-likeness (QED) is 0.834. The summed E-state index contributed by atoms with van der Waals surface area (Å²) in [4.78, 5) is 8.93. The van der Waals surface area contributed by atoms with E-state index in [-0.39, 0.29) is 5.41 Å². The molecule has 3 N–H and O–H groups in total. The summed E-state index contributed by atoms with van der Waals surface area (Å²) in [5.74, 6) is 1.37. The number of hydrogen-bond donors (Lipinski definition) is 2. The van der Waals surface area contributed by atoms with Crippen LogP contribution in [-0.2, 0) is 5.41 Å². The number of nitrogens with two attached hydrogens (primary N) is 1. The molecule has 0 amide bonds. The Morgan fingerprint density at radius 2 is 1.55 bits per heavy atom. The van der Waals surface area contributed by atoms with Crippen molar-refractivity contribution in [3.8, 4) is 17.1 Å². The maximum Gasteiger partial charge on any atom is 0.161 e. The number of rotatable bonds is 1. The zero-order valence-electron chi connectivity index (χ0n) is 12.7. The highest BCUT2D eigenvalue weighted by Gasteiger charge is 2.18. The molecule has 0 radical (unpaired) electrons. The molecule has 0 atom stereocenters. The number of nitrogens with zero attached hydrogens (tertiary/aromatic N) is 2. The Morgan fingerprint density at radius 3 is 2.05 bits per heavy atom. The van der Waals surface area contributed by atoms with Crippen molar-refractivity contribution >= 4 is 5.82 Å². The Balaban J connectivity index is 2.61. The molecule has 2 rings (SSSR count). The van der Waals surface area contributed by atoms with Crippen LogP contribution in [-0.4, -0.2) is 15.1 Å². The standard InChI is InChI=1S/C16H21N3O/c1-9-6-11(7-10(2)14(9)20)15-18-12(16(3,4)5)8-13(17)19-15/h6-8,20H,1-5H3,(H2,17,18,19). The lowest BCUT2D eigenvalue weighted by molar-refractivity contribution is 0.467. The van der Waals surface area contributed by atoms with Crippen molar-refractivity contribution in [1.82, 2.24) is 9.97 Å². The Bertz CT molecular complexity index is 634. The molecule has 106 valence electrons. The van der Waals surface area contributed by atoms with Gasteiger partial charge in [-0.3, -0.25) is 0 Å². The number of aromatic nitrogens is 2. The summed E-state index contributed by atoms with van der Waals surface area (Å²) >= 11 is 0. The van der Waals surface area contributed by atoms with E-state index in [2.05, 4.69) is 30.7 Å². The third-order valence-corrected chi connectivity index (χ3v) is 3.26. The van der Waals surface area contributed by atoms with Crippen LogP contribution in [0.1, 0.15) is 37.6 Å². The molecule has 1 heterocycles. The van der Waals surface area contributed by atoms with Crippen LogP contribution in [0, 0.1) is 13.8 Å². The van der Waals surface area contributed by atoms with Gasteiger partial charge in [0.15, 0.2) is 5.82 Å². The lowest BCUT2D eigenvalue weighted by Crippen LogP contribution is -2.15. The highest BCUT2D eigenvalue weighted by atomic mass is 16.3. The molecule has 20 heavy (non-hydrogen) atoms. The molecular formula is C16H21N3O. The molecule has 4 nitrogen and oxygen atoms in total. The van der Waals surface area contributed by atoms with Crippen molar-refractivity contribution < 1.29 is 5.11 Å². The number of aromatic hydroxyl groups is 1. The van der Waals surface area contributed by atoms with E-state index in [9.17, 15) is 5.11 Å². The summed E-state index contributed by atoms with van der Waals surface area (Å²) in [5.41, 5.74) is 9.20. The zero-order chi connectivity index (χ0) is 15.1. The fourth-order valence-electron chi connectivity index (χ4n) is 2.06. The summed E-state index contributed by atoms with van der Waals surface area (Å²) < 4.78 is 0. The average Bonchev–Trinajstić information content (AvgIpc) is 2.33. The van der Waals surface area contributed by atoms with Crippen LogP contribution in [0.3, 0.4) is 0 Å². The van der Waals surface area contributed by atoms with Gasteiger partial charge in [0.2, 0.25) is 0 Å². The van der Waals surface area contributed by atoms with Crippen molar-refractivity contribution in [1.29, 1.82) is 0 Å². The summed E-state index contributed by atoms with van der Waals surface area (Å²) in [6.07, 6.45) is 0. The first kappa shape index (κ1) is 14.3. The number of anilines is 1. The molecule has 0 saturated heterocycles. The summed E-state index contributed by atoms with van der Waals surface area (Å²) in [6.45, 7) is 10.00. The van der Waals surface area contributed by atoms with Crippen LogP contribution in [0.15, 0.2) is 18.2 Å². The average molecular weight is 271 g/mol. The van der Waals surface area contributed by atoms with Gasteiger partial charge in [-0.1, -0.05) is 20.8 Å². The van der Waals surface area contributed by atoms with Crippen molar-refractivity contribution in [3.63, 3.8) is 0 Å². The minimum Gasteiger partial charge on any atom is -0.507 e. The van der Waals surface area contributed by atoms with E-state index >= 15 is 0 Å². The van der Waals surface area contributed by atoms with Crippen LogP contribution in [0.25, 0.3) is 11.4 Å². The lowest BCUT2D eigenvalue weighted by atomic mass is 9.91. The second-order valence-electron chi connectivity index (χ2n) is 6.21. The van der Waals surface area contributed by atoms with Crippen molar-refractivity contribution in [2.24, 2.45) is 0 Å². The molecule has 4 heteroatoms. The van der Waals surface area contributed by atoms with Gasteiger partial charge < -0.3 is 10.8 Å². The molecule has 0 bridgehead atoms. The van der Waals surface area contributed by atoms with E-state index in [0.717, 1.165) is 22.4 Å². The van der Waals surface area contributed by atoms with E-state index in [1.807, 2.05) is 32.0 Å². The van der Waals surface area contributed by atoms with Crippen molar-refractivity contribution in [2.45, 2.75) is 40.0 Å². The van der Waals surface area contributed by atoms with Gasteiger partial charge in [0.25, 0.3) is 0 Å². The van der Waals surface area contributed by atoms with Gasteiger partial charge in [-0.15, -0.1) is 0 Å². The molecular weight excluding hydrogens is 250 g/mol. The highest BCUT2D eigenvalue weighted by molar-refractivity contribution is 5.62. The molecule has 2 aromatic rings. The zero-order valence-corrected chi connectivity index (χ0v) is 12.7. The lowest BCUT2D eigenvalue weighted by Gasteiger charge is -2.19. The second kappa shape index (κ2) is 4.78. The topological polar surface area (TPSA) is 72.0 Å². The second-order valence-corrected chi connectivity index (χ2v) is 6.21. The van der Waals surface area contributed by atoms with Gasteiger partial charge >= 0.3 is 0 Å². The van der Waals surface area contributed by atoms with E-state index in [4.69, 9.17) is 5.73 Å². The molecule has 0 spiro atoms. The first-order valence-corrected chi connectivity index (χ1v) is 6.64. The van der Waals surface area contributed by atoms with Gasteiger partial charge in [-0.05, 0) is 37.1 Å². The molecule has 0 saturated carbocycles. The van der Waals surface area contributed by atoms with E-state index in [1.165, 1.54) is 0 Å². The normalized spacial score (nSPS) is 11.7. The predicted molar refractivity (Wildman–Crippen MR) is 81.7 cm³/mol. The fraction of sp³-hybridized carbons (Fsp3) is 0.375. The van der Waals surface area contributed by atoms with E-state index in [1.54, 1.807) is 0 Å². The number of aryl methyl sites for hydroxylation is 2. The number of hydrogen-bond acceptors (Lipinski definition) is 4. The van der Waals surface area contributed by atoms with Crippen LogP contribution >= 0.6 is 0 Å². The van der Waals surface area contributed by atoms with Crippen LogP contribution < -0.4 is 5.73 Å². The smallest absolute Gasteiger partial charge is 0.161 e. The van der Waals surface area contributed by atoms with E-state index < -0.39 is 0 Å². The van der Waals surface area contributed by atoms with Crippen molar-refractivity contribution in [2.75, 3.05) is 5.73 Å². The number of benzene rings is 1. The minimum absolute atomic E-state index is 0.0905. The number of nitrogen functional groups attached to an aromatic ring is 1. The van der Waals surface area contributed by atoms with Gasteiger partial charge in [0, 0.05) is 17.0 Å². The largest absolute Gasteiger partial charge is 0.507 e. The van der Waals surface area contributed by atoms with Crippen LogP contribution in [0.2, 0.25) is 0 Å². The third-order valence-electron chi connectivity index (χ3n) is 3.26. The van der Waals surface area contributed by atoms with Crippen LogP contribution in [0.4, 0.5) is 5.82 Å². The first-order chi connectivity index (χ1) is 9.18. The predicted octanol–water partition coefficient (Wildman–Crippen LogP) is 3.35. The van der Waals surface area contributed by atoms with Gasteiger partial charge in [-0.2, -0.15) is 0 Å². The SMILES string of the molecule is Cc1cc(-c2nc(N)cc(C(C)(C)C)n2)cc(C)c1O. The minimum atomic E-state index is -0.0905. The molecule has 0 unspecified atom stereocenters. The number of phenolic OH excluding ortho intramolecular Hbond substituents is 1. The summed E-state index contributed by atoms with van der Waals surface area (Å²) in [5, 5.41) is 9.85. The first-order valence-electron chi connectivity index (χ1n) is 6.64. The maximum absolute atomic E-state index is 9.85. The van der Waals surface area contributed by atoms with E-state index in [0.29, 0.717) is 17.4 Å². The molecule has 0 aliphatic heterocycles. The molecule has 0 fully saturated rings. The Hall–Kier alpha value is -2.10. The fourth-order valence-corrected chi connectivity index (χ4v) is 2.06. The molecule has 1 aromatic carbocycles.